The Morgan fingerprint density at radius 3 is 2.50 bits per heavy atom. The van der Waals surface area contributed by atoms with Crippen LogP contribution >= 0.6 is 0 Å². The van der Waals surface area contributed by atoms with Gasteiger partial charge >= 0.3 is 0 Å². The first-order valence-corrected chi connectivity index (χ1v) is 11.1. The highest BCUT2D eigenvalue weighted by atomic mass is 32.2. The van der Waals surface area contributed by atoms with Crippen LogP contribution in [0, 0.1) is 10.1 Å². The molecule has 10 heteroatoms. The Morgan fingerprint density at radius 1 is 1.21 bits per heavy atom. The van der Waals surface area contributed by atoms with Gasteiger partial charge < -0.3 is 14.4 Å². The molecule has 1 atom stereocenters. The average molecular weight is 412 g/mol. The number of nitro benzene ring substituents is 1. The molecule has 1 aliphatic carbocycles. The molecule has 1 heterocycles. The zero-order valence-electron chi connectivity index (χ0n) is 15.7. The highest BCUT2D eigenvalue weighted by Crippen LogP contribution is 2.32. The predicted octanol–water partition coefficient (Wildman–Crippen LogP) is 1.94. The van der Waals surface area contributed by atoms with Crippen LogP contribution in [-0.2, 0) is 14.6 Å². The number of carbonyl (C=O) groups is 1. The number of non-ortho nitro benzene ring substituents is 1. The number of hydrogen-bond acceptors (Lipinski definition) is 7. The number of methoxy groups -OCH3 is 1. The highest BCUT2D eigenvalue weighted by molar-refractivity contribution is 7.91. The molecular formula is C18H24N2O7S. The maximum atomic E-state index is 13.0. The van der Waals surface area contributed by atoms with E-state index in [1.54, 1.807) is 4.90 Å². The third-order valence-corrected chi connectivity index (χ3v) is 7.07. The molecule has 0 N–H and O–H groups in total. The minimum atomic E-state index is -3.13. The Morgan fingerprint density at radius 2 is 1.93 bits per heavy atom. The monoisotopic (exact) mass is 412 g/mol. The first-order valence-electron chi connectivity index (χ1n) is 9.27. The number of nitrogens with zero attached hydrogens (tertiary/aromatic N) is 2. The second kappa shape index (κ2) is 8.34. The number of ether oxygens (including phenoxy) is 2. The number of hydrogen-bond donors (Lipinski definition) is 0. The summed E-state index contributed by atoms with van der Waals surface area (Å²) < 4.78 is 34.5. The lowest BCUT2D eigenvalue weighted by Gasteiger charge is -2.34. The molecule has 28 heavy (non-hydrogen) atoms. The van der Waals surface area contributed by atoms with E-state index in [9.17, 15) is 23.3 Å². The zero-order valence-corrected chi connectivity index (χ0v) is 16.5. The van der Waals surface area contributed by atoms with Gasteiger partial charge in [0, 0.05) is 18.2 Å². The van der Waals surface area contributed by atoms with Gasteiger partial charge in [-0.05, 0) is 25.3 Å². The Kier molecular flexibility index (Phi) is 6.07. The van der Waals surface area contributed by atoms with Crippen molar-refractivity contribution in [3.8, 4) is 11.5 Å². The van der Waals surface area contributed by atoms with E-state index >= 15 is 0 Å². The molecule has 3 rings (SSSR count). The van der Waals surface area contributed by atoms with Gasteiger partial charge in [0.05, 0.1) is 29.6 Å². The van der Waals surface area contributed by atoms with Gasteiger partial charge in [0.2, 0.25) is 0 Å². The smallest absolute Gasteiger partial charge is 0.273 e. The summed E-state index contributed by atoms with van der Waals surface area (Å²) in [4.78, 5) is 25.1. The number of sulfone groups is 1. The number of amides is 1. The molecule has 1 saturated carbocycles. The molecule has 1 aromatic rings. The lowest BCUT2D eigenvalue weighted by Crippen LogP contribution is -2.48. The van der Waals surface area contributed by atoms with Crippen molar-refractivity contribution < 1.29 is 27.6 Å². The lowest BCUT2D eigenvalue weighted by atomic mass is 10.1. The van der Waals surface area contributed by atoms with Gasteiger partial charge in [-0.25, -0.2) is 8.42 Å². The molecule has 0 spiro atoms. The van der Waals surface area contributed by atoms with Crippen LogP contribution in [0.1, 0.15) is 32.1 Å². The molecule has 1 amide bonds. The van der Waals surface area contributed by atoms with Crippen LogP contribution in [-0.4, -0.2) is 61.5 Å². The Balaban J connectivity index is 1.75. The van der Waals surface area contributed by atoms with E-state index in [-0.39, 0.29) is 53.3 Å². The summed E-state index contributed by atoms with van der Waals surface area (Å²) in [5.41, 5.74) is -0.169. The van der Waals surface area contributed by atoms with Crippen molar-refractivity contribution in [1.29, 1.82) is 0 Å². The van der Waals surface area contributed by atoms with E-state index in [4.69, 9.17) is 9.47 Å². The van der Waals surface area contributed by atoms with Crippen molar-refractivity contribution in [3.63, 3.8) is 0 Å². The summed E-state index contributed by atoms with van der Waals surface area (Å²) >= 11 is 0. The van der Waals surface area contributed by atoms with Gasteiger partial charge in [0.25, 0.3) is 11.6 Å². The molecule has 2 fully saturated rings. The molecule has 154 valence electrons. The molecule has 0 unspecified atom stereocenters. The predicted molar refractivity (Wildman–Crippen MR) is 101 cm³/mol. The van der Waals surface area contributed by atoms with Crippen molar-refractivity contribution in [1.82, 2.24) is 4.90 Å². The third kappa shape index (κ3) is 4.54. The lowest BCUT2D eigenvalue weighted by molar-refractivity contribution is -0.385. The van der Waals surface area contributed by atoms with Crippen LogP contribution in [0.25, 0.3) is 0 Å². The highest BCUT2D eigenvalue weighted by Gasteiger charge is 2.39. The maximum Gasteiger partial charge on any atom is 0.273 e. The maximum absolute atomic E-state index is 13.0. The van der Waals surface area contributed by atoms with Crippen molar-refractivity contribution in [2.45, 2.75) is 44.2 Å². The zero-order chi connectivity index (χ0) is 20.3. The van der Waals surface area contributed by atoms with E-state index in [1.165, 1.54) is 25.3 Å². The number of benzene rings is 1. The van der Waals surface area contributed by atoms with Gasteiger partial charge in [0.1, 0.15) is 0 Å². The molecule has 1 aliphatic heterocycles. The van der Waals surface area contributed by atoms with E-state index in [1.807, 2.05) is 0 Å². The topological polar surface area (TPSA) is 116 Å². The quantitative estimate of drug-likeness (QED) is 0.496. The van der Waals surface area contributed by atoms with Crippen molar-refractivity contribution in [2.75, 3.05) is 25.2 Å². The van der Waals surface area contributed by atoms with E-state index in [2.05, 4.69) is 0 Å². The van der Waals surface area contributed by atoms with E-state index in [0.29, 0.717) is 6.42 Å². The standard InChI is InChI=1S/C18H24N2O7S/c1-26-16-7-6-14(20(22)23)10-17(16)27-11-18(21)19(13-4-2-3-5-13)15-8-9-28(24,25)12-15/h6-7,10,13,15H,2-5,8-9,11-12H2,1H3/t15-/m0/s1. The third-order valence-electron chi connectivity index (χ3n) is 5.32. The number of carbonyl (C=O) groups excluding carboxylic acids is 1. The fourth-order valence-electron chi connectivity index (χ4n) is 3.99. The van der Waals surface area contributed by atoms with Crippen LogP contribution in [0.4, 0.5) is 5.69 Å². The first kappa shape index (κ1) is 20.4. The average Bonchev–Trinajstić information content (AvgIpc) is 3.30. The molecule has 1 aromatic carbocycles. The summed E-state index contributed by atoms with van der Waals surface area (Å²) in [5, 5.41) is 11.0. The minimum absolute atomic E-state index is 0.0152. The fourth-order valence-corrected chi connectivity index (χ4v) is 5.70. The molecule has 0 aromatic heterocycles. The molecule has 1 saturated heterocycles. The number of rotatable bonds is 7. The van der Waals surface area contributed by atoms with Crippen LogP contribution in [0.2, 0.25) is 0 Å². The van der Waals surface area contributed by atoms with Crippen LogP contribution < -0.4 is 9.47 Å². The summed E-state index contributed by atoms with van der Waals surface area (Å²) in [6.07, 6.45) is 4.15. The van der Waals surface area contributed by atoms with E-state index in [0.717, 1.165) is 25.7 Å². The van der Waals surface area contributed by atoms with Gasteiger partial charge in [-0.1, -0.05) is 12.8 Å². The summed E-state index contributed by atoms with van der Waals surface area (Å²) in [5.74, 6) is 0.163. The van der Waals surface area contributed by atoms with Crippen LogP contribution in [0.3, 0.4) is 0 Å². The Bertz CT molecular complexity index is 849. The fraction of sp³-hybridized carbons (Fsp3) is 0.611. The molecule has 9 nitrogen and oxygen atoms in total. The Labute approximate surface area is 163 Å². The van der Waals surface area contributed by atoms with Gasteiger partial charge in [-0.3, -0.25) is 14.9 Å². The molecule has 0 radical (unpaired) electrons. The van der Waals surface area contributed by atoms with E-state index < -0.39 is 14.8 Å². The first-order chi connectivity index (χ1) is 13.3. The molecular weight excluding hydrogens is 388 g/mol. The van der Waals surface area contributed by atoms with Crippen LogP contribution in [0.15, 0.2) is 18.2 Å². The summed E-state index contributed by atoms with van der Waals surface area (Å²) in [7, 11) is -1.72. The van der Waals surface area contributed by atoms with Crippen molar-refractivity contribution in [3.05, 3.63) is 28.3 Å². The summed E-state index contributed by atoms with van der Waals surface area (Å²) in [6, 6.07) is 3.60. The van der Waals surface area contributed by atoms with Gasteiger partial charge in [-0.15, -0.1) is 0 Å². The SMILES string of the molecule is COc1ccc([N+](=O)[O-])cc1OCC(=O)N(C1CCCC1)[C@H]1CCS(=O)(=O)C1. The van der Waals surface area contributed by atoms with Crippen LogP contribution in [0.5, 0.6) is 11.5 Å². The second-order valence-corrected chi connectivity index (χ2v) is 9.41. The minimum Gasteiger partial charge on any atom is -0.493 e. The van der Waals surface area contributed by atoms with Crippen molar-refractivity contribution in [2.24, 2.45) is 0 Å². The summed E-state index contributed by atoms with van der Waals surface area (Å²) in [6.45, 7) is -0.329. The number of nitro groups is 1. The van der Waals surface area contributed by atoms with Crippen molar-refractivity contribution >= 4 is 21.4 Å². The normalized spacial score (nSPS) is 21.4. The van der Waals surface area contributed by atoms with Gasteiger partial charge in [0.15, 0.2) is 27.9 Å². The molecule has 2 aliphatic rings. The molecule has 0 bridgehead atoms. The Hall–Kier alpha value is -2.36. The second-order valence-electron chi connectivity index (χ2n) is 7.18. The van der Waals surface area contributed by atoms with Gasteiger partial charge in [-0.2, -0.15) is 0 Å². The largest absolute Gasteiger partial charge is 0.493 e.